The van der Waals surface area contributed by atoms with Gasteiger partial charge in [0, 0.05) is 30.9 Å². The van der Waals surface area contributed by atoms with E-state index < -0.39 is 0 Å². The van der Waals surface area contributed by atoms with Crippen LogP contribution in [0.15, 0.2) is 67.1 Å². The average molecular weight is 294 g/mol. The van der Waals surface area contributed by atoms with Crippen LogP contribution < -0.4 is 5.32 Å². The predicted molar refractivity (Wildman–Crippen MR) is 88.4 cm³/mol. The summed E-state index contributed by atoms with van der Waals surface area (Å²) in [4.78, 5) is 4.46. The number of rotatable bonds is 6. The summed E-state index contributed by atoms with van der Waals surface area (Å²) in [6.45, 7) is 0.858. The fourth-order valence-corrected chi connectivity index (χ4v) is 2.73. The molecule has 22 heavy (non-hydrogen) atoms. The van der Waals surface area contributed by atoms with Crippen molar-refractivity contribution >= 4 is 0 Å². The molecule has 2 atom stereocenters. The normalized spacial score (nSPS) is 18.6. The predicted octanol–water partition coefficient (Wildman–Crippen LogP) is 3.65. The number of allylic oxidation sites excluding steroid dienone is 1. The lowest BCUT2D eigenvalue weighted by Crippen LogP contribution is -2.33. The number of hydrogen-bond acceptors (Lipinski definition) is 3. The topological polar surface area (TPSA) is 34.1 Å². The molecule has 0 aliphatic carbocycles. The minimum Gasteiger partial charge on any atom is -0.497 e. The molecule has 1 aliphatic rings. The first-order valence-corrected chi connectivity index (χ1v) is 7.90. The van der Waals surface area contributed by atoms with E-state index in [-0.39, 0.29) is 12.1 Å². The number of ether oxygens (including phenoxy) is 1. The van der Waals surface area contributed by atoms with Gasteiger partial charge in [0.1, 0.15) is 6.10 Å². The molecule has 0 saturated heterocycles. The minimum atomic E-state index is 0.255. The van der Waals surface area contributed by atoms with E-state index in [1.807, 2.05) is 24.6 Å². The summed E-state index contributed by atoms with van der Waals surface area (Å²) in [5, 5.41) is 3.66. The number of hydrogen-bond donors (Lipinski definition) is 1. The van der Waals surface area contributed by atoms with Crippen LogP contribution in [0, 0.1) is 0 Å². The van der Waals surface area contributed by atoms with Gasteiger partial charge in [0.25, 0.3) is 0 Å². The molecule has 3 heteroatoms. The lowest BCUT2D eigenvalue weighted by Gasteiger charge is -2.24. The van der Waals surface area contributed by atoms with Crippen molar-refractivity contribution in [2.45, 2.75) is 31.4 Å². The molecule has 1 aromatic heterocycles. The molecule has 0 radical (unpaired) electrons. The Bertz CT molecular complexity index is 583. The van der Waals surface area contributed by atoms with Crippen molar-refractivity contribution in [1.82, 2.24) is 10.3 Å². The molecule has 0 bridgehead atoms. The molecule has 2 heterocycles. The van der Waals surface area contributed by atoms with Crippen molar-refractivity contribution in [2.75, 3.05) is 6.54 Å². The van der Waals surface area contributed by atoms with Gasteiger partial charge in [-0.3, -0.25) is 4.98 Å². The summed E-state index contributed by atoms with van der Waals surface area (Å²) in [7, 11) is 0. The van der Waals surface area contributed by atoms with Gasteiger partial charge in [-0.25, -0.2) is 0 Å². The molecule has 0 amide bonds. The summed E-state index contributed by atoms with van der Waals surface area (Å²) in [6, 6.07) is 16.9. The van der Waals surface area contributed by atoms with Crippen molar-refractivity contribution in [3.63, 3.8) is 0 Å². The fraction of sp³-hybridized carbons (Fsp3) is 0.316. The van der Waals surface area contributed by atoms with E-state index in [1.165, 1.54) is 5.56 Å². The van der Waals surface area contributed by atoms with E-state index in [2.05, 4.69) is 52.8 Å². The van der Waals surface area contributed by atoms with Gasteiger partial charge < -0.3 is 10.1 Å². The lowest BCUT2D eigenvalue weighted by atomic mass is 10.0. The summed E-state index contributed by atoms with van der Waals surface area (Å²) < 4.78 is 5.66. The maximum absolute atomic E-state index is 5.66. The van der Waals surface area contributed by atoms with Crippen LogP contribution in [0.3, 0.4) is 0 Å². The Balaban J connectivity index is 1.67. The highest BCUT2D eigenvalue weighted by molar-refractivity contribution is 5.21. The molecule has 0 fully saturated rings. The minimum absolute atomic E-state index is 0.255. The van der Waals surface area contributed by atoms with Gasteiger partial charge in [0.2, 0.25) is 0 Å². The summed E-state index contributed by atoms with van der Waals surface area (Å²) in [6.07, 6.45) is 9.09. The molecule has 0 saturated carbocycles. The maximum atomic E-state index is 5.66. The molecule has 3 nitrogen and oxygen atoms in total. The molecule has 1 aromatic carbocycles. The highest BCUT2D eigenvalue weighted by Gasteiger charge is 2.16. The van der Waals surface area contributed by atoms with E-state index in [0.717, 1.165) is 31.5 Å². The van der Waals surface area contributed by atoms with E-state index in [1.54, 1.807) is 0 Å². The van der Waals surface area contributed by atoms with Crippen molar-refractivity contribution < 1.29 is 4.74 Å². The molecule has 3 rings (SSSR count). The number of nitrogens with one attached hydrogen (secondary N) is 1. The quantitative estimate of drug-likeness (QED) is 0.883. The first kappa shape index (κ1) is 14.8. The van der Waals surface area contributed by atoms with Crippen LogP contribution in [0.5, 0.6) is 0 Å². The maximum Gasteiger partial charge on any atom is 0.110 e. The monoisotopic (exact) mass is 294 g/mol. The van der Waals surface area contributed by atoms with Gasteiger partial charge in [-0.05, 0) is 36.6 Å². The highest BCUT2D eigenvalue weighted by Crippen LogP contribution is 2.18. The number of nitrogens with zero attached hydrogens (tertiary/aromatic N) is 1. The molecule has 1 aliphatic heterocycles. The Morgan fingerprint density at radius 3 is 2.73 bits per heavy atom. The van der Waals surface area contributed by atoms with Gasteiger partial charge in [-0.1, -0.05) is 36.4 Å². The van der Waals surface area contributed by atoms with Gasteiger partial charge in [-0.15, -0.1) is 0 Å². The third-order valence-corrected chi connectivity index (χ3v) is 3.96. The first-order valence-electron chi connectivity index (χ1n) is 7.90. The Morgan fingerprint density at radius 2 is 2.00 bits per heavy atom. The third kappa shape index (κ3) is 4.18. The molecule has 1 N–H and O–H groups in total. The van der Waals surface area contributed by atoms with Gasteiger partial charge in [0.05, 0.1) is 6.26 Å². The SMILES string of the molecule is C1=CO[C@@H](CN[C@H](Cc2ccccn2)c2ccccc2)CC1. The van der Waals surface area contributed by atoms with Crippen LogP contribution in [0.4, 0.5) is 0 Å². The van der Waals surface area contributed by atoms with Gasteiger partial charge in [0.15, 0.2) is 0 Å². The zero-order valence-corrected chi connectivity index (χ0v) is 12.7. The lowest BCUT2D eigenvalue weighted by molar-refractivity contribution is 0.119. The van der Waals surface area contributed by atoms with Gasteiger partial charge >= 0.3 is 0 Å². The second kappa shape index (κ2) is 7.76. The van der Waals surface area contributed by atoms with Crippen molar-refractivity contribution in [3.05, 3.63) is 78.3 Å². The Kier molecular flexibility index (Phi) is 5.22. The highest BCUT2D eigenvalue weighted by atomic mass is 16.5. The Labute approximate surface area is 132 Å². The first-order chi connectivity index (χ1) is 10.9. The number of benzene rings is 1. The smallest absolute Gasteiger partial charge is 0.110 e. The van der Waals surface area contributed by atoms with Gasteiger partial charge in [-0.2, -0.15) is 0 Å². The Hall–Kier alpha value is -2.13. The molecular weight excluding hydrogens is 272 g/mol. The van der Waals surface area contributed by atoms with E-state index in [9.17, 15) is 0 Å². The largest absolute Gasteiger partial charge is 0.497 e. The zero-order valence-electron chi connectivity index (χ0n) is 12.7. The summed E-state index contributed by atoms with van der Waals surface area (Å²) >= 11 is 0. The van der Waals surface area contributed by atoms with Crippen LogP contribution >= 0.6 is 0 Å². The summed E-state index contributed by atoms with van der Waals surface area (Å²) in [5.41, 5.74) is 2.40. The van der Waals surface area contributed by atoms with Crippen LogP contribution in [0.25, 0.3) is 0 Å². The van der Waals surface area contributed by atoms with Crippen molar-refractivity contribution in [3.8, 4) is 0 Å². The van der Waals surface area contributed by atoms with Crippen LogP contribution in [0.2, 0.25) is 0 Å². The molecule has 2 aromatic rings. The van der Waals surface area contributed by atoms with Crippen LogP contribution in [-0.4, -0.2) is 17.6 Å². The average Bonchev–Trinajstić information content (AvgIpc) is 2.61. The van der Waals surface area contributed by atoms with Crippen molar-refractivity contribution in [1.29, 1.82) is 0 Å². The number of aromatic nitrogens is 1. The number of pyridine rings is 1. The standard InChI is InChI=1S/C19H22N2O/c1-2-8-16(9-3-1)19(14-17-10-4-6-12-20-17)21-15-18-11-5-7-13-22-18/h1-4,6-10,12-13,18-19,21H,5,11,14-15H2/t18-,19-/m1/s1. The molecule has 0 spiro atoms. The van der Waals surface area contributed by atoms with Crippen LogP contribution in [-0.2, 0) is 11.2 Å². The molecule has 114 valence electrons. The Morgan fingerprint density at radius 1 is 1.14 bits per heavy atom. The summed E-state index contributed by atoms with van der Waals surface area (Å²) in [5.74, 6) is 0. The molecular formula is C19H22N2O. The second-order valence-electron chi connectivity index (χ2n) is 5.60. The van der Waals surface area contributed by atoms with Crippen molar-refractivity contribution in [2.24, 2.45) is 0 Å². The fourth-order valence-electron chi connectivity index (χ4n) is 2.73. The van der Waals surface area contributed by atoms with E-state index in [4.69, 9.17) is 4.74 Å². The zero-order chi connectivity index (χ0) is 15.0. The van der Waals surface area contributed by atoms with Crippen LogP contribution in [0.1, 0.15) is 30.1 Å². The van der Waals surface area contributed by atoms with E-state index >= 15 is 0 Å². The molecule has 0 unspecified atom stereocenters. The third-order valence-electron chi connectivity index (χ3n) is 3.96. The second-order valence-corrected chi connectivity index (χ2v) is 5.60. The van der Waals surface area contributed by atoms with E-state index in [0.29, 0.717) is 0 Å².